The van der Waals surface area contributed by atoms with Crippen LogP contribution < -0.4 is 16.6 Å². The minimum Gasteiger partial charge on any atom is -0.369 e. The van der Waals surface area contributed by atoms with Crippen LogP contribution in [0.25, 0.3) is 0 Å². The van der Waals surface area contributed by atoms with Crippen LogP contribution in [0.5, 0.6) is 0 Å². The van der Waals surface area contributed by atoms with Crippen LogP contribution in [0, 0.1) is 0 Å². The summed E-state index contributed by atoms with van der Waals surface area (Å²) < 4.78 is 10.9. The van der Waals surface area contributed by atoms with Crippen LogP contribution >= 0.6 is 11.8 Å². The van der Waals surface area contributed by atoms with Crippen LogP contribution in [-0.4, -0.2) is 39.0 Å². The van der Waals surface area contributed by atoms with Crippen LogP contribution in [0.3, 0.4) is 0 Å². The third-order valence-corrected chi connectivity index (χ3v) is 3.06. The van der Waals surface area contributed by atoms with Crippen LogP contribution in [0.1, 0.15) is 0 Å². The van der Waals surface area contributed by atoms with Crippen LogP contribution in [-0.2, 0) is 10.8 Å². The van der Waals surface area contributed by atoms with Gasteiger partial charge in [-0.3, -0.25) is 4.21 Å². The molecule has 0 saturated heterocycles. The van der Waals surface area contributed by atoms with Crippen molar-refractivity contribution in [2.45, 2.75) is 5.16 Å². The van der Waals surface area contributed by atoms with E-state index in [2.05, 4.69) is 20.7 Å². The summed E-state index contributed by atoms with van der Waals surface area (Å²) in [4.78, 5) is 8.37. The molecule has 1 aromatic rings. The summed E-state index contributed by atoms with van der Waals surface area (Å²) in [6.45, 7) is 0.609. The van der Waals surface area contributed by atoms with Gasteiger partial charge >= 0.3 is 0 Å². The Morgan fingerprint density at radius 1 is 1.50 bits per heavy atom. The standard InChI is InChI=1S/C8H15N5OS2/c1-15-8-11-6(5-7(12-8)13-9)10-3-4-16(2)14/h5H,3-4,9H2,1-2H3,(H2,10,11,12,13). The lowest BCUT2D eigenvalue weighted by atomic mass is 10.5. The normalized spacial score (nSPS) is 12.2. The maximum Gasteiger partial charge on any atom is 0.191 e. The van der Waals surface area contributed by atoms with E-state index < -0.39 is 10.8 Å². The van der Waals surface area contributed by atoms with Crippen molar-refractivity contribution >= 4 is 34.2 Å². The van der Waals surface area contributed by atoms with Gasteiger partial charge in [-0.25, -0.2) is 15.8 Å². The predicted molar refractivity (Wildman–Crippen MR) is 69.0 cm³/mol. The Morgan fingerprint density at radius 2 is 2.19 bits per heavy atom. The molecule has 0 bridgehead atoms. The van der Waals surface area contributed by atoms with E-state index in [-0.39, 0.29) is 0 Å². The number of nitrogens with two attached hydrogens (primary N) is 1. The fraction of sp³-hybridized carbons (Fsp3) is 0.500. The van der Waals surface area contributed by atoms with E-state index in [1.54, 1.807) is 12.3 Å². The minimum absolute atomic E-state index is 0.555. The molecular formula is C8H15N5OS2. The van der Waals surface area contributed by atoms with Crippen LogP contribution in [0.2, 0.25) is 0 Å². The Balaban J connectivity index is 2.67. The second kappa shape index (κ2) is 6.66. The van der Waals surface area contributed by atoms with Gasteiger partial charge in [-0.15, -0.1) is 0 Å². The predicted octanol–water partition coefficient (Wildman–Crippen LogP) is 0.274. The summed E-state index contributed by atoms with van der Waals surface area (Å²) in [5.41, 5.74) is 2.48. The SMILES string of the molecule is CSc1nc(NN)cc(NCCS(C)=O)n1. The molecule has 90 valence electrons. The topological polar surface area (TPSA) is 92.9 Å². The Hall–Kier alpha value is -0.860. The lowest BCUT2D eigenvalue weighted by molar-refractivity contribution is 0.687. The van der Waals surface area contributed by atoms with E-state index in [0.29, 0.717) is 29.1 Å². The lowest BCUT2D eigenvalue weighted by Crippen LogP contribution is -2.13. The van der Waals surface area contributed by atoms with E-state index in [9.17, 15) is 4.21 Å². The molecule has 0 aromatic carbocycles. The van der Waals surface area contributed by atoms with Crippen molar-refractivity contribution in [1.29, 1.82) is 0 Å². The number of thioether (sulfide) groups is 1. The number of hydrogen-bond donors (Lipinski definition) is 3. The highest BCUT2D eigenvalue weighted by Crippen LogP contribution is 2.16. The van der Waals surface area contributed by atoms with Gasteiger partial charge in [0.05, 0.1) is 0 Å². The fourth-order valence-corrected chi connectivity index (χ4v) is 1.77. The highest BCUT2D eigenvalue weighted by molar-refractivity contribution is 7.98. The Labute approximate surface area is 101 Å². The highest BCUT2D eigenvalue weighted by Gasteiger charge is 2.02. The van der Waals surface area contributed by atoms with Gasteiger partial charge in [-0.1, -0.05) is 11.8 Å². The smallest absolute Gasteiger partial charge is 0.191 e. The summed E-state index contributed by atoms with van der Waals surface area (Å²) in [5.74, 6) is 7.11. The molecule has 8 heteroatoms. The van der Waals surface area contributed by atoms with Gasteiger partial charge < -0.3 is 10.7 Å². The van der Waals surface area contributed by atoms with E-state index in [0.717, 1.165) is 0 Å². The molecule has 1 rings (SSSR count). The van der Waals surface area contributed by atoms with Gasteiger partial charge in [0.15, 0.2) is 5.16 Å². The zero-order valence-corrected chi connectivity index (χ0v) is 10.8. The Morgan fingerprint density at radius 3 is 2.75 bits per heavy atom. The molecule has 4 N–H and O–H groups in total. The average molecular weight is 261 g/mol. The number of nitrogens with one attached hydrogen (secondary N) is 2. The van der Waals surface area contributed by atoms with Crippen molar-refractivity contribution in [3.05, 3.63) is 6.07 Å². The van der Waals surface area contributed by atoms with Crippen molar-refractivity contribution in [2.24, 2.45) is 5.84 Å². The number of nitrogen functional groups attached to an aromatic ring is 1. The van der Waals surface area contributed by atoms with Crippen LogP contribution in [0.4, 0.5) is 11.6 Å². The number of anilines is 2. The molecule has 1 heterocycles. The first-order valence-corrected chi connectivity index (χ1v) is 7.54. The molecule has 0 aliphatic rings. The molecule has 6 nitrogen and oxygen atoms in total. The Kier molecular flexibility index (Phi) is 5.50. The number of rotatable bonds is 6. The first kappa shape index (κ1) is 13.2. The van der Waals surface area contributed by atoms with Crippen molar-refractivity contribution in [2.75, 3.05) is 35.6 Å². The molecular weight excluding hydrogens is 246 g/mol. The summed E-state index contributed by atoms with van der Waals surface area (Å²) in [6, 6.07) is 1.71. The van der Waals surface area contributed by atoms with Gasteiger partial charge in [0, 0.05) is 35.4 Å². The second-order valence-electron chi connectivity index (χ2n) is 2.97. The summed E-state index contributed by atoms with van der Waals surface area (Å²) in [7, 11) is -0.805. The third kappa shape index (κ3) is 4.33. The van der Waals surface area contributed by atoms with Gasteiger partial charge in [0.2, 0.25) is 0 Å². The van der Waals surface area contributed by atoms with Crippen molar-refractivity contribution in [3.8, 4) is 0 Å². The van der Waals surface area contributed by atoms with E-state index in [1.165, 1.54) is 11.8 Å². The number of aromatic nitrogens is 2. The van der Waals surface area contributed by atoms with Crippen molar-refractivity contribution < 1.29 is 4.21 Å². The molecule has 16 heavy (non-hydrogen) atoms. The minimum atomic E-state index is -0.805. The monoisotopic (exact) mass is 261 g/mol. The lowest BCUT2D eigenvalue weighted by Gasteiger charge is -2.07. The second-order valence-corrected chi connectivity index (χ2v) is 5.30. The first-order valence-electron chi connectivity index (χ1n) is 4.59. The quantitative estimate of drug-likeness (QED) is 0.293. The molecule has 0 fully saturated rings. The third-order valence-electron chi connectivity index (χ3n) is 1.73. The zero-order valence-electron chi connectivity index (χ0n) is 9.19. The van der Waals surface area contributed by atoms with Gasteiger partial charge in [-0.2, -0.15) is 0 Å². The van der Waals surface area contributed by atoms with E-state index in [4.69, 9.17) is 5.84 Å². The maximum atomic E-state index is 10.9. The number of hydrogen-bond acceptors (Lipinski definition) is 7. The van der Waals surface area contributed by atoms with E-state index >= 15 is 0 Å². The molecule has 1 atom stereocenters. The van der Waals surface area contributed by atoms with Crippen molar-refractivity contribution in [1.82, 2.24) is 9.97 Å². The first-order chi connectivity index (χ1) is 7.65. The number of hydrazine groups is 1. The summed E-state index contributed by atoms with van der Waals surface area (Å²) >= 11 is 1.43. The maximum absolute atomic E-state index is 10.9. The molecule has 0 saturated carbocycles. The molecule has 0 spiro atoms. The molecule has 1 unspecified atom stereocenters. The van der Waals surface area contributed by atoms with E-state index in [1.807, 2.05) is 6.26 Å². The molecule has 0 aliphatic heterocycles. The molecule has 0 amide bonds. The Bertz CT molecular complexity index is 351. The number of nitrogens with zero attached hydrogens (tertiary/aromatic N) is 2. The highest BCUT2D eigenvalue weighted by atomic mass is 32.2. The van der Waals surface area contributed by atoms with Crippen molar-refractivity contribution in [3.63, 3.8) is 0 Å². The zero-order chi connectivity index (χ0) is 12.0. The molecule has 1 aromatic heterocycles. The van der Waals surface area contributed by atoms with Gasteiger partial charge in [0.1, 0.15) is 11.6 Å². The van der Waals surface area contributed by atoms with Gasteiger partial charge in [-0.05, 0) is 6.26 Å². The molecule has 0 radical (unpaired) electrons. The summed E-state index contributed by atoms with van der Waals surface area (Å²) in [5, 5.41) is 3.71. The average Bonchev–Trinajstić information content (AvgIpc) is 2.28. The largest absolute Gasteiger partial charge is 0.369 e. The summed E-state index contributed by atoms with van der Waals surface area (Å²) in [6.07, 6.45) is 3.56. The fourth-order valence-electron chi connectivity index (χ4n) is 1.00. The van der Waals surface area contributed by atoms with Crippen LogP contribution in [0.15, 0.2) is 11.2 Å². The molecule has 0 aliphatic carbocycles. The van der Waals surface area contributed by atoms with Gasteiger partial charge in [0.25, 0.3) is 0 Å².